The number of hydrogen-bond donors (Lipinski definition) is 0. The first-order chi connectivity index (χ1) is 5.24. The molecule has 0 aliphatic carbocycles. The minimum Gasteiger partial charge on any atom is -0.334 e. The van der Waals surface area contributed by atoms with E-state index in [2.05, 4.69) is 20.8 Å². The van der Waals surface area contributed by atoms with Crippen LogP contribution in [-0.2, 0) is 4.79 Å². The van der Waals surface area contributed by atoms with Crippen LogP contribution in [0.4, 0.5) is 0 Å². The molecule has 11 heavy (non-hydrogen) atoms. The third-order valence-corrected chi connectivity index (χ3v) is 1.85. The van der Waals surface area contributed by atoms with Gasteiger partial charge in [0.2, 0.25) is 0 Å². The molecule has 2 heteroatoms. The second kappa shape index (κ2) is 6.20. The number of rotatable bonds is 6. The summed E-state index contributed by atoms with van der Waals surface area (Å²) < 4.78 is 0. The van der Waals surface area contributed by atoms with Gasteiger partial charge in [0, 0.05) is 13.1 Å². The summed E-state index contributed by atoms with van der Waals surface area (Å²) in [6.07, 6.45) is 4.10. The molecule has 1 amide bonds. The predicted octanol–water partition coefficient (Wildman–Crippen LogP) is 1.81. The summed E-state index contributed by atoms with van der Waals surface area (Å²) in [6.45, 7) is 8.06. The van der Waals surface area contributed by atoms with E-state index in [1.54, 1.807) is 4.90 Å². The largest absolute Gasteiger partial charge is 0.334 e. The van der Waals surface area contributed by atoms with Crippen LogP contribution in [0.5, 0.6) is 0 Å². The average Bonchev–Trinajstić information content (AvgIpc) is 2.03. The first-order valence-corrected chi connectivity index (χ1v) is 4.37. The molecule has 1 unspecified atom stereocenters. The second-order valence-corrected chi connectivity index (χ2v) is 3.05. The average molecular weight is 156 g/mol. The number of nitrogens with zero attached hydrogens (tertiary/aromatic N) is 1. The molecule has 2 nitrogen and oxygen atoms in total. The standard InChI is InChI=1S/C9H18NO/c1-4-6-10(8-11)7-9(3)5-2/h9H,4-7H2,1-3H3. The fraction of sp³-hybridized carbons (Fsp3) is 0.889. The summed E-state index contributed by atoms with van der Waals surface area (Å²) in [5.41, 5.74) is 0. The predicted molar refractivity (Wildman–Crippen MR) is 47.0 cm³/mol. The molecule has 65 valence electrons. The van der Waals surface area contributed by atoms with E-state index in [4.69, 9.17) is 0 Å². The number of carbonyl (C=O) groups excluding carboxylic acids is 1. The molecule has 0 aromatic rings. The third-order valence-electron chi connectivity index (χ3n) is 1.85. The zero-order chi connectivity index (χ0) is 8.69. The maximum Gasteiger partial charge on any atom is 0.312 e. The second-order valence-electron chi connectivity index (χ2n) is 3.05. The van der Waals surface area contributed by atoms with Gasteiger partial charge in [-0.2, -0.15) is 0 Å². The summed E-state index contributed by atoms with van der Waals surface area (Å²) in [7, 11) is 0. The van der Waals surface area contributed by atoms with Crippen molar-refractivity contribution in [2.45, 2.75) is 33.6 Å². The Hall–Kier alpha value is -0.530. The topological polar surface area (TPSA) is 20.3 Å². The van der Waals surface area contributed by atoms with Crippen LogP contribution in [0.15, 0.2) is 0 Å². The van der Waals surface area contributed by atoms with Crippen LogP contribution in [0.2, 0.25) is 0 Å². The maximum absolute atomic E-state index is 10.3. The Morgan fingerprint density at radius 2 is 2.09 bits per heavy atom. The molecule has 0 aliphatic heterocycles. The van der Waals surface area contributed by atoms with E-state index in [0.717, 1.165) is 25.9 Å². The smallest absolute Gasteiger partial charge is 0.312 e. The van der Waals surface area contributed by atoms with Crippen LogP contribution in [-0.4, -0.2) is 24.4 Å². The van der Waals surface area contributed by atoms with Crippen LogP contribution in [0.25, 0.3) is 0 Å². The van der Waals surface area contributed by atoms with Gasteiger partial charge >= 0.3 is 6.41 Å². The van der Waals surface area contributed by atoms with Gasteiger partial charge in [0.15, 0.2) is 0 Å². The molecular weight excluding hydrogens is 138 g/mol. The van der Waals surface area contributed by atoms with Crippen molar-refractivity contribution < 1.29 is 4.79 Å². The third kappa shape index (κ3) is 4.82. The summed E-state index contributed by atoms with van der Waals surface area (Å²) in [5, 5.41) is 0. The van der Waals surface area contributed by atoms with Gasteiger partial charge in [-0.25, -0.2) is 0 Å². The Bertz CT molecular complexity index is 104. The first-order valence-electron chi connectivity index (χ1n) is 4.37. The van der Waals surface area contributed by atoms with Crippen molar-refractivity contribution >= 4 is 6.41 Å². The van der Waals surface area contributed by atoms with E-state index in [1.165, 1.54) is 0 Å². The van der Waals surface area contributed by atoms with Gasteiger partial charge in [0.1, 0.15) is 0 Å². The lowest BCUT2D eigenvalue weighted by Gasteiger charge is -2.18. The van der Waals surface area contributed by atoms with Gasteiger partial charge in [-0.05, 0) is 12.3 Å². The highest BCUT2D eigenvalue weighted by Crippen LogP contribution is 2.02. The lowest BCUT2D eigenvalue weighted by Crippen LogP contribution is -2.27. The first kappa shape index (κ1) is 10.5. The van der Waals surface area contributed by atoms with Crippen LogP contribution < -0.4 is 0 Å². The molecule has 0 aromatic carbocycles. The van der Waals surface area contributed by atoms with Gasteiger partial charge < -0.3 is 4.90 Å². The molecule has 0 aromatic heterocycles. The summed E-state index contributed by atoms with van der Waals surface area (Å²) in [5.74, 6) is 0.600. The van der Waals surface area contributed by atoms with E-state index in [-0.39, 0.29) is 0 Å². The van der Waals surface area contributed by atoms with Crippen molar-refractivity contribution in [1.29, 1.82) is 0 Å². The summed E-state index contributed by atoms with van der Waals surface area (Å²) in [6, 6.07) is 0. The molecule has 0 spiro atoms. The van der Waals surface area contributed by atoms with Crippen molar-refractivity contribution in [3.05, 3.63) is 0 Å². The van der Waals surface area contributed by atoms with Crippen LogP contribution in [0.1, 0.15) is 33.6 Å². The highest BCUT2D eigenvalue weighted by atomic mass is 16.1. The van der Waals surface area contributed by atoms with Gasteiger partial charge in [0.05, 0.1) is 0 Å². The van der Waals surface area contributed by atoms with E-state index in [0.29, 0.717) is 5.92 Å². The fourth-order valence-electron chi connectivity index (χ4n) is 0.949. The molecule has 0 aliphatic rings. The molecule has 0 bridgehead atoms. The molecule has 1 radical (unpaired) electrons. The van der Waals surface area contributed by atoms with Crippen LogP contribution in [0, 0.1) is 5.92 Å². The van der Waals surface area contributed by atoms with E-state index in [1.807, 2.05) is 6.41 Å². The van der Waals surface area contributed by atoms with Crippen molar-refractivity contribution in [2.75, 3.05) is 13.1 Å². The molecule has 1 atom stereocenters. The monoisotopic (exact) mass is 156 g/mol. The Morgan fingerprint density at radius 1 is 1.45 bits per heavy atom. The van der Waals surface area contributed by atoms with Gasteiger partial charge in [-0.3, -0.25) is 4.79 Å². The van der Waals surface area contributed by atoms with Crippen molar-refractivity contribution in [2.24, 2.45) is 5.92 Å². The van der Waals surface area contributed by atoms with Crippen molar-refractivity contribution in [1.82, 2.24) is 4.90 Å². The van der Waals surface area contributed by atoms with Gasteiger partial charge in [0.25, 0.3) is 0 Å². The van der Waals surface area contributed by atoms with Crippen molar-refractivity contribution in [3.8, 4) is 0 Å². The molecule has 0 fully saturated rings. The zero-order valence-electron chi connectivity index (χ0n) is 7.76. The van der Waals surface area contributed by atoms with Crippen molar-refractivity contribution in [3.63, 3.8) is 0 Å². The lowest BCUT2D eigenvalue weighted by atomic mass is 10.1. The maximum atomic E-state index is 10.3. The Labute approximate surface area is 69.6 Å². The highest BCUT2D eigenvalue weighted by molar-refractivity contribution is 5.47. The molecule has 0 rings (SSSR count). The van der Waals surface area contributed by atoms with Crippen LogP contribution in [0.3, 0.4) is 0 Å². The normalized spacial score (nSPS) is 12.6. The minimum atomic E-state index is 0.600. The molecule has 0 saturated heterocycles. The van der Waals surface area contributed by atoms with E-state index >= 15 is 0 Å². The minimum absolute atomic E-state index is 0.600. The Kier molecular flexibility index (Phi) is 5.90. The summed E-state index contributed by atoms with van der Waals surface area (Å²) >= 11 is 0. The summed E-state index contributed by atoms with van der Waals surface area (Å²) in [4.78, 5) is 12.1. The Morgan fingerprint density at radius 3 is 2.45 bits per heavy atom. The number of amides is 1. The molecule has 0 N–H and O–H groups in total. The molecular formula is C9H18NO. The zero-order valence-corrected chi connectivity index (χ0v) is 7.76. The molecule has 0 saturated carbocycles. The quantitative estimate of drug-likeness (QED) is 0.537. The lowest BCUT2D eigenvalue weighted by molar-refractivity contribution is 0.325. The molecule has 0 heterocycles. The highest BCUT2D eigenvalue weighted by Gasteiger charge is 2.05. The van der Waals surface area contributed by atoms with Gasteiger partial charge in [-0.15, -0.1) is 0 Å². The fourth-order valence-corrected chi connectivity index (χ4v) is 0.949. The Balaban J connectivity index is 3.58. The SMILES string of the molecule is CCCN([C]=O)CC(C)CC. The van der Waals surface area contributed by atoms with E-state index < -0.39 is 0 Å². The number of hydrogen-bond acceptors (Lipinski definition) is 1. The van der Waals surface area contributed by atoms with E-state index in [9.17, 15) is 4.79 Å². The van der Waals surface area contributed by atoms with Gasteiger partial charge in [-0.1, -0.05) is 27.2 Å². The van der Waals surface area contributed by atoms with Crippen LogP contribution >= 0.6 is 0 Å².